The minimum Gasteiger partial charge on any atom is -0.469 e. The van der Waals surface area contributed by atoms with Crippen LogP contribution in [0.25, 0.3) is 0 Å². The zero-order valence-electron chi connectivity index (χ0n) is 10.7. The van der Waals surface area contributed by atoms with Gasteiger partial charge in [0.2, 0.25) is 5.89 Å². The summed E-state index contributed by atoms with van der Waals surface area (Å²) >= 11 is 1.47. The van der Waals surface area contributed by atoms with Gasteiger partial charge in [0.25, 0.3) is 0 Å². The van der Waals surface area contributed by atoms with Crippen molar-refractivity contribution in [3.8, 4) is 0 Å². The Labute approximate surface area is 114 Å². The molecule has 0 amide bonds. The molecule has 0 unspecified atom stereocenters. The molecule has 2 aromatic heterocycles. The number of ether oxygens (including phenoxy) is 1. The lowest BCUT2D eigenvalue weighted by atomic mass is 10.2. The fourth-order valence-corrected chi connectivity index (χ4v) is 2.14. The summed E-state index contributed by atoms with van der Waals surface area (Å²) in [6.07, 6.45) is 0.910. The van der Waals surface area contributed by atoms with Crippen LogP contribution in [0.15, 0.2) is 9.90 Å². The number of esters is 1. The van der Waals surface area contributed by atoms with Gasteiger partial charge >= 0.3 is 5.97 Å². The molecule has 2 heterocycles. The lowest BCUT2D eigenvalue weighted by Crippen LogP contribution is -2.02. The topological polar surface area (TPSA) is 90.1 Å². The number of rotatable bonds is 6. The molecule has 0 saturated heterocycles. The number of hydrogen-bond donors (Lipinski definition) is 1. The number of carbonyl (C=O) groups is 1. The van der Waals surface area contributed by atoms with Crippen LogP contribution in [-0.2, 0) is 22.5 Å². The van der Waals surface area contributed by atoms with Crippen molar-refractivity contribution in [3.63, 3.8) is 0 Å². The highest BCUT2D eigenvalue weighted by Crippen LogP contribution is 2.17. The second kappa shape index (κ2) is 6.28. The Kier molecular flexibility index (Phi) is 4.45. The summed E-state index contributed by atoms with van der Waals surface area (Å²) in [7, 11) is 1.38. The smallest absolute Gasteiger partial charge is 0.305 e. The summed E-state index contributed by atoms with van der Waals surface area (Å²) in [4.78, 5) is 19.4. The molecule has 2 aromatic rings. The van der Waals surface area contributed by atoms with Crippen LogP contribution >= 0.6 is 11.3 Å². The molecular formula is C11H14N4O3S. The van der Waals surface area contributed by atoms with Gasteiger partial charge < -0.3 is 14.6 Å². The van der Waals surface area contributed by atoms with Crippen LogP contribution in [0.1, 0.15) is 23.8 Å². The first-order valence-corrected chi connectivity index (χ1v) is 6.59. The third-order valence-corrected chi connectivity index (χ3v) is 3.17. The Morgan fingerprint density at radius 3 is 3.05 bits per heavy atom. The molecule has 0 atom stereocenters. The van der Waals surface area contributed by atoms with E-state index in [0.29, 0.717) is 31.1 Å². The molecule has 0 aliphatic heterocycles. The summed E-state index contributed by atoms with van der Waals surface area (Å²) in [6.45, 7) is 2.20. The number of anilines is 1. The van der Waals surface area contributed by atoms with Gasteiger partial charge in [-0.3, -0.25) is 4.79 Å². The van der Waals surface area contributed by atoms with Crippen LogP contribution < -0.4 is 5.32 Å². The number of aryl methyl sites for hydroxylation is 2. The molecule has 0 radical (unpaired) electrons. The van der Waals surface area contributed by atoms with E-state index in [1.165, 1.54) is 18.4 Å². The third kappa shape index (κ3) is 4.02. The van der Waals surface area contributed by atoms with Crippen molar-refractivity contribution in [2.75, 3.05) is 12.4 Å². The first kappa shape index (κ1) is 13.5. The first-order valence-electron chi connectivity index (χ1n) is 5.71. The van der Waals surface area contributed by atoms with Gasteiger partial charge in [0.1, 0.15) is 0 Å². The predicted molar refractivity (Wildman–Crippen MR) is 68.8 cm³/mol. The van der Waals surface area contributed by atoms with Crippen LogP contribution in [-0.4, -0.2) is 28.2 Å². The molecule has 0 aliphatic rings. The van der Waals surface area contributed by atoms with Crippen molar-refractivity contribution < 1.29 is 14.1 Å². The molecule has 8 heteroatoms. The van der Waals surface area contributed by atoms with Crippen molar-refractivity contribution in [1.82, 2.24) is 15.1 Å². The largest absolute Gasteiger partial charge is 0.469 e. The Hall–Kier alpha value is -1.96. The minimum atomic E-state index is -0.233. The van der Waals surface area contributed by atoms with Gasteiger partial charge in [0.05, 0.1) is 25.8 Å². The average molecular weight is 282 g/mol. The van der Waals surface area contributed by atoms with Gasteiger partial charge in [-0.2, -0.15) is 4.98 Å². The molecular weight excluding hydrogens is 268 g/mol. The van der Waals surface area contributed by atoms with E-state index in [-0.39, 0.29) is 5.97 Å². The monoisotopic (exact) mass is 282 g/mol. The number of nitrogens with one attached hydrogen (secondary N) is 1. The molecule has 0 saturated carbocycles. The lowest BCUT2D eigenvalue weighted by molar-refractivity contribution is -0.140. The van der Waals surface area contributed by atoms with Crippen molar-refractivity contribution in [2.45, 2.75) is 26.3 Å². The van der Waals surface area contributed by atoms with E-state index in [0.717, 1.165) is 10.8 Å². The molecule has 2 rings (SSSR count). The van der Waals surface area contributed by atoms with Crippen LogP contribution in [0.4, 0.5) is 5.13 Å². The molecule has 0 bridgehead atoms. The van der Waals surface area contributed by atoms with Crippen molar-refractivity contribution >= 4 is 22.4 Å². The summed E-state index contributed by atoms with van der Waals surface area (Å²) in [6, 6.07) is 0. The quantitative estimate of drug-likeness (QED) is 0.804. The zero-order valence-corrected chi connectivity index (χ0v) is 11.5. The predicted octanol–water partition coefficient (Wildman–Crippen LogP) is 1.55. The van der Waals surface area contributed by atoms with Crippen molar-refractivity contribution in [3.05, 3.63) is 22.8 Å². The second-order valence-corrected chi connectivity index (χ2v) is 4.67. The number of carbonyl (C=O) groups excluding carboxylic acids is 1. The summed E-state index contributed by atoms with van der Waals surface area (Å²) in [5, 5.41) is 9.46. The van der Waals surface area contributed by atoms with E-state index in [2.05, 4.69) is 25.2 Å². The van der Waals surface area contributed by atoms with Crippen LogP contribution in [0, 0.1) is 6.92 Å². The van der Waals surface area contributed by atoms with E-state index in [9.17, 15) is 4.79 Å². The van der Waals surface area contributed by atoms with Crippen molar-refractivity contribution in [2.24, 2.45) is 0 Å². The van der Waals surface area contributed by atoms with Crippen LogP contribution in [0.3, 0.4) is 0 Å². The Morgan fingerprint density at radius 2 is 2.37 bits per heavy atom. The Bertz CT molecular complexity index is 552. The number of methoxy groups -OCH3 is 1. The zero-order chi connectivity index (χ0) is 13.7. The van der Waals surface area contributed by atoms with Crippen LogP contribution in [0.5, 0.6) is 0 Å². The molecule has 0 aromatic carbocycles. The van der Waals surface area contributed by atoms with E-state index in [4.69, 9.17) is 4.52 Å². The molecule has 0 fully saturated rings. The number of hydrogen-bond acceptors (Lipinski definition) is 8. The minimum absolute atomic E-state index is 0.233. The first-order chi connectivity index (χ1) is 9.17. The standard InChI is InChI=1S/C11H14N4O3S/c1-7-13-9(18-15-7)5-12-11-14-8(6-19-11)3-4-10(16)17-2/h6H,3-5H2,1-2H3,(H,12,14). The summed E-state index contributed by atoms with van der Waals surface area (Å²) in [5.41, 5.74) is 0.861. The summed E-state index contributed by atoms with van der Waals surface area (Å²) < 4.78 is 9.56. The van der Waals surface area contributed by atoms with E-state index in [1.54, 1.807) is 6.92 Å². The highest BCUT2D eigenvalue weighted by atomic mass is 32.1. The average Bonchev–Trinajstić information content (AvgIpc) is 3.02. The highest BCUT2D eigenvalue weighted by molar-refractivity contribution is 7.13. The van der Waals surface area contributed by atoms with E-state index in [1.807, 2.05) is 5.38 Å². The fourth-order valence-electron chi connectivity index (χ4n) is 1.40. The van der Waals surface area contributed by atoms with Gasteiger partial charge in [-0.05, 0) is 6.92 Å². The number of thiazole rings is 1. The van der Waals surface area contributed by atoms with Crippen LogP contribution in [0.2, 0.25) is 0 Å². The Morgan fingerprint density at radius 1 is 1.53 bits per heavy atom. The molecule has 0 spiro atoms. The normalized spacial score (nSPS) is 10.4. The SMILES string of the molecule is COC(=O)CCc1csc(NCc2nc(C)no2)n1. The number of aromatic nitrogens is 3. The van der Waals surface area contributed by atoms with Gasteiger partial charge in [-0.1, -0.05) is 5.16 Å². The molecule has 0 aliphatic carbocycles. The molecule has 102 valence electrons. The van der Waals surface area contributed by atoms with E-state index >= 15 is 0 Å². The molecule has 1 N–H and O–H groups in total. The van der Waals surface area contributed by atoms with E-state index < -0.39 is 0 Å². The van der Waals surface area contributed by atoms with Gasteiger partial charge in [0.15, 0.2) is 11.0 Å². The maximum atomic E-state index is 11.0. The Balaban J connectivity index is 1.82. The summed E-state index contributed by atoms with van der Waals surface area (Å²) in [5.74, 6) is 0.891. The number of nitrogens with zero attached hydrogens (tertiary/aromatic N) is 3. The van der Waals surface area contributed by atoms with Crippen molar-refractivity contribution in [1.29, 1.82) is 0 Å². The van der Waals surface area contributed by atoms with Gasteiger partial charge in [-0.25, -0.2) is 4.98 Å². The fraction of sp³-hybridized carbons (Fsp3) is 0.455. The van der Waals surface area contributed by atoms with Gasteiger partial charge in [0, 0.05) is 11.8 Å². The molecule has 19 heavy (non-hydrogen) atoms. The third-order valence-electron chi connectivity index (χ3n) is 2.33. The van der Waals surface area contributed by atoms with Gasteiger partial charge in [-0.15, -0.1) is 11.3 Å². The molecule has 7 nitrogen and oxygen atoms in total. The highest BCUT2D eigenvalue weighted by Gasteiger charge is 2.07. The maximum Gasteiger partial charge on any atom is 0.305 e. The maximum absolute atomic E-state index is 11.0. The lowest BCUT2D eigenvalue weighted by Gasteiger charge is -1.97. The second-order valence-electron chi connectivity index (χ2n) is 3.81.